The summed E-state index contributed by atoms with van der Waals surface area (Å²) in [6.45, 7) is 15.1. The van der Waals surface area contributed by atoms with Crippen LogP contribution in [0.3, 0.4) is 0 Å². The molecular weight excluding hydrogens is 831 g/mol. The Morgan fingerprint density at radius 2 is 0.985 bits per heavy atom. The number of hydrogen-bond acceptors (Lipinski definition) is 4. The van der Waals surface area contributed by atoms with Gasteiger partial charge in [0.15, 0.2) is 17.2 Å². The number of hydrogen-bond donors (Lipinski definition) is 0. The van der Waals surface area contributed by atoms with Crippen molar-refractivity contribution in [3.8, 4) is 67.9 Å². The van der Waals surface area contributed by atoms with Crippen molar-refractivity contribution in [2.24, 2.45) is 0 Å². The fourth-order valence-electron chi connectivity index (χ4n) is 8.99. The average molecular weight is 868 g/mol. The summed E-state index contributed by atoms with van der Waals surface area (Å²) < 4.78 is 2.34. The summed E-state index contributed by atoms with van der Waals surface area (Å²) >= 11 is 0. The molecule has 7 nitrogen and oxygen atoms in total. The molecule has 68 heavy (non-hydrogen) atoms. The first-order valence-corrected chi connectivity index (χ1v) is 22.1. The summed E-state index contributed by atoms with van der Waals surface area (Å²) in [5.74, 6) is 0.423. The lowest BCUT2D eigenvalue weighted by Gasteiger charge is -2.25. The molecule has 0 saturated carbocycles. The van der Waals surface area contributed by atoms with Gasteiger partial charge in [0.25, 0.3) is 0 Å². The van der Waals surface area contributed by atoms with E-state index in [4.69, 9.17) is 23.1 Å². The number of fused-ring (bicyclic) bond motifs is 3. The minimum absolute atomic E-state index is 0.423. The molecule has 7 heteroatoms. The second-order valence-corrected chi connectivity index (χ2v) is 16.3. The zero-order chi connectivity index (χ0) is 46.0. The fraction of sp³-hybridized carbons (Fsp3) is 0. The third-order valence-electron chi connectivity index (χ3n) is 12.3. The molecule has 0 aliphatic heterocycles. The van der Waals surface area contributed by atoms with Crippen molar-refractivity contribution in [2.45, 2.75) is 0 Å². The van der Waals surface area contributed by atoms with Crippen molar-refractivity contribution in [2.75, 3.05) is 4.90 Å². The molecule has 0 fully saturated rings. The van der Waals surface area contributed by atoms with Gasteiger partial charge in [0.05, 0.1) is 47.2 Å². The second kappa shape index (κ2) is 17.6. The molecule has 0 radical (unpaired) electrons. The lowest BCUT2D eigenvalue weighted by molar-refractivity contribution is 1.18. The molecule has 0 bridgehead atoms. The SMILES string of the molecule is [C-]#[N+]c1cccc(-c2cc(-c3ccc(-c4ccc(-c5ccc(-n6c7ccccc7c7cc(N(c8ccccc8)c8ccccc8)ccc76)cc5)cc4)cc3C#N)nc(-c3cccc([N+]#[C-])c3)n2)c1. The minimum Gasteiger partial charge on any atom is -0.310 e. The van der Waals surface area contributed by atoms with Crippen LogP contribution >= 0.6 is 0 Å². The zero-order valence-corrected chi connectivity index (χ0v) is 36.5. The van der Waals surface area contributed by atoms with Gasteiger partial charge in [0.2, 0.25) is 0 Å². The highest BCUT2D eigenvalue weighted by Crippen LogP contribution is 2.40. The lowest BCUT2D eigenvalue weighted by Crippen LogP contribution is -2.09. The van der Waals surface area contributed by atoms with Crippen LogP contribution in [0.25, 0.3) is 93.3 Å². The van der Waals surface area contributed by atoms with E-state index >= 15 is 0 Å². The molecular formula is C61H37N7. The van der Waals surface area contributed by atoms with Crippen LogP contribution in [0, 0.1) is 24.5 Å². The van der Waals surface area contributed by atoms with Gasteiger partial charge in [-0.3, -0.25) is 0 Å². The van der Waals surface area contributed by atoms with Crippen molar-refractivity contribution < 1.29 is 0 Å². The quantitative estimate of drug-likeness (QED) is 0.136. The number of nitriles is 1. The highest BCUT2D eigenvalue weighted by atomic mass is 15.1. The van der Waals surface area contributed by atoms with Crippen LogP contribution in [0.4, 0.5) is 28.4 Å². The van der Waals surface area contributed by atoms with Crippen LogP contribution in [0.5, 0.6) is 0 Å². The predicted molar refractivity (Wildman–Crippen MR) is 275 cm³/mol. The molecule has 0 amide bonds. The normalized spacial score (nSPS) is 10.9. The molecule has 0 atom stereocenters. The summed E-state index contributed by atoms with van der Waals surface area (Å²) in [5.41, 5.74) is 15.4. The zero-order valence-electron chi connectivity index (χ0n) is 36.5. The Balaban J connectivity index is 0.897. The van der Waals surface area contributed by atoms with Gasteiger partial charge in [-0.15, -0.1) is 0 Å². The van der Waals surface area contributed by atoms with Crippen LogP contribution in [0.15, 0.2) is 224 Å². The van der Waals surface area contributed by atoms with Crippen LogP contribution in [0.2, 0.25) is 0 Å². The molecule has 0 N–H and O–H groups in total. The van der Waals surface area contributed by atoms with E-state index < -0.39 is 0 Å². The molecule has 11 rings (SSSR count). The Hall–Kier alpha value is -9.87. The molecule has 11 aromatic rings. The van der Waals surface area contributed by atoms with Gasteiger partial charge in [0, 0.05) is 44.6 Å². The molecule has 0 aliphatic rings. The van der Waals surface area contributed by atoms with E-state index in [1.54, 1.807) is 24.3 Å². The maximum absolute atomic E-state index is 10.5. The molecule has 0 spiro atoms. The molecule has 0 saturated heterocycles. The Morgan fingerprint density at radius 3 is 1.65 bits per heavy atom. The molecule has 2 heterocycles. The standard InChI is InChI=1S/C61H37N7/c1-63-48-15-11-13-45(36-48)57-39-58(66-61(65-57)46-14-12-16-49(37-46)64-2)54-33-29-44(35-47(54)40-62)43-25-23-41(24-26-43)42-27-30-52(31-28-42)68-59-22-10-9-21-55(59)56-38-53(32-34-60(56)68)67(50-17-5-3-6-18-50)51-19-7-4-8-20-51/h3-39H. The van der Waals surface area contributed by atoms with Crippen LogP contribution < -0.4 is 4.90 Å². The average Bonchev–Trinajstić information content (AvgIpc) is 3.75. The third-order valence-corrected chi connectivity index (χ3v) is 12.3. The van der Waals surface area contributed by atoms with E-state index in [2.05, 4.69) is 165 Å². The summed E-state index contributed by atoms with van der Waals surface area (Å²) in [7, 11) is 0. The smallest absolute Gasteiger partial charge is 0.187 e. The van der Waals surface area contributed by atoms with Gasteiger partial charge in [0.1, 0.15) is 0 Å². The first kappa shape index (κ1) is 40.9. The Labute approximate surface area is 394 Å². The van der Waals surface area contributed by atoms with Crippen molar-refractivity contribution >= 4 is 50.2 Å². The molecule has 0 unspecified atom stereocenters. The summed E-state index contributed by atoms with van der Waals surface area (Å²) in [5, 5.41) is 12.9. The van der Waals surface area contributed by atoms with E-state index in [9.17, 15) is 5.26 Å². The largest absolute Gasteiger partial charge is 0.310 e. The van der Waals surface area contributed by atoms with Crippen LogP contribution in [0.1, 0.15) is 5.56 Å². The minimum atomic E-state index is 0.423. The third kappa shape index (κ3) is 7.67. The van der Waals surface area contributed by atoms with E-state index in [1.165, 1.54) is 10.8 Å². The first-order valence-electron chi connectivity index (χ1n) is 22.1. The van der Waals surface area contributed by atoms with Gasteiger partial charge < -0.3 is 9.47 Å². The van der Waals surface area contributed by atoms with Crippen LogP contribution in [-0.4, -0.2) is 14.5 Å². The Morgan fingerprint density at radius 1 is 0.426 bits per heavy atom. The van der Waals surface area contributed by atoms with Crippen molar-refractivity contribution in [3.63, 3.8) is 0 Å². The Kier molecular flexibility index (Phi) is 10.6. The topological polar surface area (TPSA) is 66.5 Å². The molecule has 0 aliphatic carbocycles. The van der Waals surface area contributed by atoms with Gasteiger partial charge >= 0.3 is 0 Å². The summed E-state index contributed by atoms with van der Waals surface area (Å²) in [6.07, 6.45) is 0. The monoisotopic (exact) mass is 867 g/mol. The van der Waals surface area contributed by atoms with E-state index in [1.807, 2.05) is 60.7 Å². The van der Waals surface area contributed by atoms with Gasteiger partial charge in [-0.2, -0.15) is 5.26 Å². The number of benzene rings is 9. The molecule has 9 aromatic carbocycles. The van der Waals surface area contributed by atoms with Crippen molar-refractivity contribution in [1.82, 2.24) is 14.5 Å². The number of aromatic nitrogens is 3. The Bertz CT molecular complexity index is 3700. The fourth-order valence-corrected chi connectivity index (χ4v) is 8.99. The van der Waals surface area contributed by atoms with Gasteiger partial charge in [-0.05, 0) is 113 Å². The van der Waals surface area contributed by atoms with Crippen molar-refractivity contribution in [1.29, 1.82) is 5.26 Å². The number of rotatable bonds is 9. The second-order valence-electron chi connectivity index (χ2n) is 16.3. The lowest BCUT2D eigenvalue weighted by atomic mass is 9.95. The van der Waals surface area contributed by atoms with Gasteiger partial charge in [-0.1, -0.05) is 140 Å². The maximum atomic E-state index is 10.5. The highest BCUT2D eigenvalue weighted by Gasteiger charge is 2.19. The summed E-state index contributed by atoms with van der Waals surface area (Å²) in [4.78, 5) is 19.3. The van der Waals surface area contributed by atoms with E-state index in [0.29, 0.717) is 45.3 Å². The molecule has 316 valence electrons. The van der Waals surface area contributed by atoms with Crippen LogP contribution in [-0.2, 0) is 0 Å². The van der Waals surface area contributed by atoms with E-state index in [-0.39, 0.29) is 0 Å². The number of nitrogens with zero attached hydrogens (tertiary/aromatic N) is 7. The summed E-state index contributed by atoms with van der Waals surface area (Å²) in [6, 6.07) is 78.0. The van der Waals surface area contributed by atoms with Gasteiger partial charge in [-0.25, -0.2) is 19.7 Å². The van der Waals surface area contributed by atoms with E-state index in [0.717, 1.165) is 61.6 Å². The first-order chi connectivity index (χ1) is 33.5. The highest BCUT2D eigenvalue weighted by molar-refractivity contribution is 6.10. The van der Waals surface area contributed by atoms with Crippen molar-refractivity contribution in [3.05, 3.63) is 253 Å². The number of anilines is 3. The predicted octanol–water partition coefficient (Wildman–Crippen LogP) is 16.4. The molecule has 2 aromatic heterocycles. The number of para-hydroxylation sites is 3. The maximum Gasteiger partial charge on any atom is 0.187 e.